The largest absolute Gasteiger partial charge is 0.478 e. The van der Waals surface area contributed by atoms with Crippen LogP contribution in [0.25, 0.3) is 0 Å². The number of hydrogen-bond donors (Lipinski definition) is 3. The fourth-order valence-corrected chi connectivity index (χ4v) is 1.91. The monoisotopic (exact) mass is 330 g/mol. The van der Waals surface area contributed by atoms with Crippen LogP contribution in [0.3, 0.4) is 0 Å². The first-order valence-corrected chi connectivity index (χ1v) is 6.45. The first-order valence-electron chi connectivity index (χ1n) is 6.45. The highest BCUT2D eigenvalue weighted by molar-refractivity contribution is 6.06. The van der Waals surface area contributed by atoms with Gasteiger partial charge in [0.15, 0.2) is 0 Å². The number of non-ortho nitro benzene ring substituents is 1. The maximum absolute atomic E-state index is 12.1. The number of nitrogens with one attached hydrogen (secondary N) is 1. The van der Waals surface area contributed by atoms with Crippen LogP contribution in [-0.4, -0.2) is 33.0 Å². The first-order chi connectivity index (χ1) is 11.3. The van der Waals surface area contributed by atoms with Gasteiger partial charge in [0.1, 0.15) is 0 Å². The topological polar surface area (TPSA) is 147 Å². The Kier molecular flexibility index (Phi) is 4.55. The highest BCUT2D eigenvalue weighted by Gasteiger charge is 2.15. The quantitative estimate of drug-likeness (QED) is 0.562. The number of carboxylic acids is 2. The molecular formula is C15H10N2O7. The van der Waals surface area contributed by atoms with Crippen LogP contribution in [0.15, 0.2) is 42.5 Å². The molecule has 0 unspecified atom stereocenters. The average Bonchev–Trinajstić information content (AvgIpc) is 2.54. The predicted octanol–water partition coefficient (Wildman–Crippen LogP) is 2.24. The van der Waals surface area contributed by atoms with E-state index in [1.165, 1.54) is 18.2 Å². The molecule has 3 N–H and O–H groups in total. The number of nitro benzene ring substituents is 1. The summed E-state index contributed by atoms with van der Waals surface area (Å²) in [5, 5.41) is 31.0. The Morgan fingerprint density at radius 1 is 0.917 bits per heavy atom. The summed E-state index contributed by atoms with van der Waals surface area (Å²) < 4.78 is 0. The van der Waals surface area contributed by atoms with Gasteiger partial charge in [-0.15, -0.1) is 0 Å². The van der Waals surface area contributed by atoms with Gasteiger partial charge < -0.3 is 15.5 Å². The van der Waals surface area contributed by atoms with Crippen LogP contribution >= 0.6 is 0 Å². The van der Waals surface area contributed by atoms with Crippen molar-refractivity contribution >= 4 is 29.2 Å². The number of nitro groups is 1. The third-order valence-electron chi connectivity index (χ3n) is 3.00. The zero-order valence-electron chi connectivity index (χ0n) is 11.9. The van der Waals surface area contributed by atoms with Crippen molar-refractivity contribution in [1.29, 1.82) is 0 Å². The minimum Gasteiger partial charge on any atom is -0.478 e. The lowest BCUT2D eigenvalue weighted by molar-refractivity contribution is -0.384. The summed E-state index contributed by atoms with van der Waals surface area (Å²) in [5.41, 5.74) is -0.993. The third kappa shape index (κ3) is 3.71. The maximum Gasteiger partial charge on any atom is 0.335 e. The molecule has 2 aromatic rings. The molecule has 9 nitrogen and oxygen atoms in total. The molecule has 1 amide bonds. The van der Waals surface area contributed by atoms with Crippen LogP contribution < -0.4 is 5.32 Å². The minimum atomic E-state index is -1.36. The lowest BCUT2D eigenvalue weighted by atomic mass is 10.1. The van der Waals surface area contributed by atoms with Gasteiger partial charge in [-0.25, -0.2) is 9.59 Å². The van der Waals surface area contributed by atoms with Crippen LogP contribution in [0, 0.1) is 10.1 Å². The number of nitrogens with zero attached hydrogens (tertiary/aromatic N) is 1. The van der Waals surface area contributed by atoms with Crippen molar-refractivity contribution in [2.75, 3.05) is 5.32 Å². The average molecular weight is 330 g/mol. The molecular weight excluding hydrogens is 320 g/mol. The highest BCUT2D eigenvalue weighted by atomic mass is 16.6. The van der Waals surface area contributed by atoms with Gasteiger partial charge in [-0.05, 0) is 24.3 Å². The van der Waals surface area contributed by atoms with Gasteiger partial charge in [-0.3, -0.25) is 14.9 Å². The molecule has 122 valence electrons. The van der Waals surface area contributed by atoms with Crippen molar-refractivity contribution < 1.29 is 29.5 Å². The molecule has 0 aliphatic heterocycles. The van der Waals surface area contributed by atoms with Crippen LogP contribution in [0.4, 0.5) is 11.4 Å². The Morgan fingerprint density at radius 2 is 1.50 bits per heavy atom. The molecule has 0 aliphatic rings. The fourth-order valence-electron chi connectivity index (χ4n) is 1.91. The number of rotatable bonds is 5. The molecule has 24 heavy (non-hydrogen) atoms. The number of hydrogen-bond acceptors (Lipinski definition) is 5. The normalized spacial score (nSPS) is 10.0. The van der Waals surface area contributed by atoms with Gasteiger partial charge in [0, 0.05) is 23.4 Å². The number of amides is 1. The Bertz CT molecular complexity index is 828. The van der Waals surface area contributed by atoms with Crippen molar-refractivity contribution in [3.8, 4) is 0 Å². The first kappa shape index (κ1) is 16.6. The summed E-state index contributed by atoms with van der Waals surface area (Å²) in [4.78, 5) is 44.2. The van der Waals surface area contributed by atoms with Gasteiger partial charge in [0.25, 0.3) is 11.6 Å². The minimum absolute atomic E-state index is 0.0261. The Balaban J connectivity index is 2.34. The predicted molar refractivity (Wildman–Crippen MR) is 81.4 cm³/mol. The van der Waals surface area contributed by atoms with Crippen molar-refractivity contribution in [2.45, 2.75) is 0 Å². The molecule has 0 radical (unpaired) electrons. The smallest absolute Gasteiger partial charge is 0.335 e. The van der Waals surface area contributed by atoms with Crippen LogP contribution in [0.1, 0.15) is 31.1 Å². The molecule has 9 heteroatoms. The molecule has 0 saturated heterocycles. The second kappa shape index (κ2) is 6.57. The fraction of sp³-hybridized carbons (Fsp3) is 0. The number of anilines is 1. The van der Waals surface area contributed by atoms with E-state index in [9.17, 15) is 24.5 Å². The Morgan fingerprint density at radius 3 is 2.00 bits per heavy atom. The molecule has 0 fully saturated rings. The molecule has 0 bridgehead atoms. The SMILES string of the molecule is O=C(O)c1cc(NC(=O)c2cccc([N+](=O)[O-])c2)cc(C(=O)O)c1. The number of aromatic carboxylic acids is 2. The molecule has 0 aromatic heterocycles. The number of carboxylic acid groups (broad SMARTS) is 2. The van der Waals surface area contributed by atoms with Gasteiger partial charge >= 0.3 is 11.9 Å². The summed E-state index contributed by atoms with van der Waals surface area (Å²) in [5.74, 6) is -3.45. The van der Waals surface area contributed by atoms with Crippen LogP contribution in [0.2, 0.25) is 0 Å². The van der Waals surface area contributed by atoms with Crippen LogP contribution in [0.5, 0.6) is 0 Å². The van der Waals surface area contributed by atoms with Crippen molar-refractivity contribution in [2.24, 2.45) is 0 Å². The standard InChI is InChI=1S/C15H10N2O7/c18-13(8-2-1-3-12(7-8)17(23)24)16-11-5-9(14(19)20)4-10(6-11)15(21)22/h1-7H,(H,16,18)(H,19,20)(H,21,22). The summed E-state index contributed by atoms with van der Waals surface area (Å²) in [6.07, 6.45) is 0. The van der Waals surface area contributed by atoms with Gasteiger partial charge in [-0.2, -0.15) is 0 Å². The second-order valence-corrected chi connectivity index (χ2v) is 4.67. The molecule has 0 atom stereocenters. The molecule has 0 spiro atoms. The van der Waals surface area contributed by atoms with Gasteiger partial charge in [-0.1, -0.05) is 6.07 Å². The van der Waals surface area contributed by atoms with Gasteiger partial charge in [0.05, 0.1) is 16.1 Å². The lowest BCUT2D eigenvalue weighted by Gasteiger charge is -2.08. The summed E-state index contributed by atoms with van der Waals surface area (Å²) in [6, 6.07) is 8.05. The third-order valence-corrected chi connectivity index (χ3v) is 3.00. The Labute approximate surface area is 134 Å². The number of carbonyl (C=O) groups excluding carboxylic acids is 1. The molecule has 2 aromatic carbocycles. The van der Waals surface area contributed by atoms with E-state index >= 15 is 0 Å². The Hall–Kier alpha value is -3.75. The zero-order valence-corrected chi connectivity index (χ0v) is 11.9. The summed E-state index contributed by atoms with van der Waals surface area (Å²) >= 11 is 0. The van der Waals surface area contributed by atoms with Gasteiger partial charge in [0.2, 0.25) is 0 Å². The molecule has 0 saturated carbocycles. The van der Waals surface area contributed by atoms with E-state index in [2.05, 4.69) is 5.32 Å². The van der Waals surface area contributed by atoms with E-state index in [4.69, 9.17) is 10.2 Å². The van der Waals surface area contributed by atoms with E-state index in [0.717, 1.165) is 24.3 Å². The van der Waals surface area contributed by atoms with E-state index in [-0.39, 0.29) is 28.1 Å². The van der Waals surface area contributed by atoms with Crippen molar-refractivity contribution in [3.05, 3.63) is 69.3 Å². The highest BCUT2D eigenvalue weighted by Crippen LogP contribution is 2.18. The molecule has 0 aliphatic carbocycles. The van der Waals surface area contributed by atoms with E-state index < -0.39 is 22.8 Å². The zero-order chi connectivity index (χ0) is 17.9. The van der Waals surface area contributed by atoms with Crippen molar-refractivity contribution in [3.63, 3.8) is 0 Å². The maximum atomic E-state index is 12.1. The summed E-state index contributed by atoms with van der Waals surface area (Å²) in [7, 11) is 0. The molecule has 0 heterocycles. The molecule has 2 rings (SSSR count). The van der Waals surface area contributed by atoms with E-state index in [1.807, 2.05) is 0 Å². The number of benzene rings is 2. The van der Waals surface area contributed by atoms with Crippen LogP contribution in [-0.2, 0) is 0 Å². The number of carbonyl (C=O) groups is 3. The van der Waals surface area contributed by atoms with E-state index in [1.54, 1.807) is 0 Å². The second-order valence-electron chi connectivity index (χ2n) is 4.67. The summed E-state index contributed by atoms with van der Waals surface area (Å²) in [6.45, 7) is 0. The lowest BCUT2D eigenvalue weighted by Crippen LogP contribution is -2.13. The van der Waals surface area contributed by atoms with Crippen molar-refractivity contribution in [1.82, 2.24) is 0 Å². The van der Waals surface area contributed by atoms with E-state index in [0.29, 0.717) is 0 Å².